The minimum absolute atomic E-state index is 0.177. The Morgan fingerprint density at radius 3 is 2.11 bits per heavy atom. The molecule has 0 aliphatic heterocycles. The summed E-state index contributed by atoms with van der Waals surface area (Å²) in [6, 6.07) is 0. The lowest BCUT2D eigenvalue weighted by molar-refractivity contribution is 0.113. The Morgan fingerprint density at radius 1 is 0.895 bits per heavy atom. The molecule has 2 atom stereocenters. The molecule has 3 nitrogen and oxygen atoms in total. The highest BCUT2D eigenvalue weighted by Gasteiger charge is 2.11. The maximum absolute atomic E-state index is 9.33. The van der Waals surface area contributed by atoms with Crippen molar-refractivity contribution in [3.05, 3.63) is 0 Å². The van der Waals surface area contributed by atoms with E-state index in [0.717, 1.165) is 18.6 Å². The van der Waals surface area contributed by atoms with E-state index < -0.39 is 6.10 Å². The average molecular weight is 311 g/mol. The van der Waals surface area contributed by atoms with E-state index in [9.17, 15) is 5.11 Å². The van der Waals surface area contributed by atoms with Gasteiger partial charge in [-0.1, -0.05) is 32.1 Å². The number of hydrogen-bond acceptors (Lipinski definition) is 5. The van der Waals surface area contributed by atoms with Gasteiger partial charge in [0.05, 0.1) is 12.7 Å². The van der Waals surface area contributed by atoms with Crippen LogP contribution in [0.25, 0.3) is 0 Å². The van der Waals surface area contributed by atoms with Gasteiger partial charge < -0.3 is 15.3 Å². The monoisotopic (exact) mass is 310 g/mol. The minimum atomic E-state index is -0.632. The smallest absolute Gasteiger partial charge is 0.0861 e. The second-order valence-corrected chi connectivity index (χ2v) is 6.72. The molecule has 0 aliphatic rings. The molecule has 0 radical (unpaired) electrons. The van der Waals surface area contributed by atoms with Crippen molar-refractivity contribution < 1.29 is 15.3 Å². The summed E-state index contributed by atoms with van der Waals surface area (Å²) in [5, 5.41) is 27.5. The second kappa shape index (κ2) is 15.0. The maximum atomic E-state index is 9.33. The molecule has 5 heteroatoms. The first-order chi connectivity index (χ1) is 9.24. The zero-order valence-corrected chi connectivity index (χ0v) is 13.5. The predicted molar refractivity (Wildman–Crippen MR) is 87.2 cm³/mol. The third-order valence-corrected chi connectivity index (χ3v) is 4.96. The molecule has 0 fully saturated rings. The van der Waals surface area contributed by atoms with Gasteiger partial charge in [-0.3, -0.25) is 0 Å². The lowest BCUT2D eigenvalue weighted by atomic mass is 10.1. The first-order valence-electron chi connectivity index (χ1n) is 7.36. The second-order valence-electron chi connectivity index (χ2n) is 4.94. The Hall–Kier alpha value is 0.580. The summed E-state index contributed by atoms with van der Waals surface area (Å²) >= 11 is 5.87. The van der Waals surface area contributed by atoms with Crippen molar-refractivity contribution in [3.8, 4) is 0 Å². The van der Waals surface area contributed by atoms with Crippen molar-refractivity contribution in [2.24, 2.45) is 0 Å². The number of aliphatic hydroxyl groups is 3. The predicted octanol–water partition coefficient (Wildman–Crippen LogP) is 2.48. The molecular weight excluding hydrogens is 280 g/mol. The normalized spacial score (nSPS) is 14.5. The maximum Gasteiger partial charge on any atom is 0.0861 e. The van der Waals surface area contributed by atoms with Crippen molar-refractivity contribution in [2.45, 2.75) is 62.7 Å². The van der Waals surface area contributed by atoms with E-state index >= 15 is 0 Å². The number of thioether (sulfide) groups is 1. The topological polar surface area (TPSA) is 60.7 Å². The minimum Gasteiger partial charge on any atom is -0.396 e. The molecule has 0 rings (SSSR count). The van der Waals surface area contributed by atoms with E-state index in [1.54, 1.807) is 11.8 Å². The molecule has 0 saturated carbocycles. The van der Waals surface area contributed by atoms with Crippen LogP contribution in [-0.4, -0.2) is 51.4 Å². The van der Waals surface area contributed by atoms with Crippen LogP contribution in [0.3, 0.4) is 0 Å². The highest BCUT2D eigenvalue weighted by atomic mass is 32.2. The highest BCUT2D eigenvalue weighted by molar-refractivity contribution is 7.99. The molecule has 0 aliphatic carbocycles. The lowest BCUT2D eigenvalue weighted by Crippen LogP contribution is -2.18. The van der Waals surface area contributed by atoms with E-state index in [2.05, 4.69) is 12.6 Å². The zero-order valence-electron chi connectivity index (χ0n) is 11.8. The van der Waals surface area contributed by atoms with Gasteiger partial charge in [0.25, 0.3) is 0 Å². The van der Waals surface area contributed by atoms with E-state index in [0.29, 0.717) is 11.0 Å². The van der Waals surface area contributed by atoms with Crippen LogP contribution in [0.5, 0.6) is 0 Å². The van der Waals surface area contributed by atoms with Crippen molar-refractivity contribution in [1.82, 2.24) is 0 Å². The largest absolute Gasteiger partial charge is 0.396 e. The molecule has 0 aromatic heterocycles. The van der Waals surface area contributed by atoms with Crippen LogP contribution in [0.15, 0.2) is 0 Å². The van der Waals surface area contributed by atoms with Crippen LogP contribution >= 0.6 is 24.4 Å². The van der Waals surface area contributed by atoms with Crippen LogP contribution in [0.2, 0.25) is 0 Å². The van der Waals surface area contributed by atoms with Gasteiger partial charge in [-0.15, -0.1) is 0 Å². The Morgan fingerprint density at radius 2 is 1.53 bits per heavy atom. The standard InChI is InChI=1S/C14H30O3S2/c15-9-8-14(19-12-13(17)11-16)7-5-3-1-2-4-6-10-18/h13-18H,1-12H2. The molecule has 0 saturated heterocycles. The van der Waals surface area contributed by atoms with Crippen LogP contribution < -0.4 is 0 Å². The molecule has 2 unspecified atom stereocenters. The summed E-state index contributed by atoms with van der Waals surface area (Å²) in [4.78, 5) is 0. The summed E-state index contributed by atoms with van der Waals surface area (Å²) in [7, 11) is 0. The molecule has 3 N–H and O–H groups in total. The summed E-state index contributed by atoms with van der Waals surface area (Å²) in [6.45, 7) is 0.0266. The molecule has 19 heavy (non-hydrogen) atoms. The van der Waals surface area contributed by atoms with Crippen molar-refractivity contribution in [2.75, 3.05) is 24.7 Å². The Balaban J connectivity index is 3.53. The Kier molecular flexibility index (Phi) is 15.4. The summed E-state index contributed by atoms with van der Waals surface area (Å²) in [6.07, 6.45) is 8.74. The Labute approximate surface area is 127 Å². The van der Waals surface area contributed by atoms with Crippen LogP contribution in [0.4, 0.5) is 0 Å². The van der Waals surface area contributed by atoms with Gasteiger partial charge in [0, 0.05) is 17.6 Å². The first-order valence-corrected chi connectivity index (χ1v) is 9.05. The average Bonchev–Trinajstić information content (AvgIpc) is 2.43. The van der Waals surface area contributed by atoms with E-state index in [-0.39, 0.29) is 13.2 Å². The van der Waals surface area contributed by atoms with Crippen molar-refractivity contribution in [3.63, 3.8) is 0 Å². The third kappa shape index (κ3) is 13.3. The van der Waals surface area contributed by atoms with Gasteiger partial charge >= 0.3 is 0 Å². The van der Waals surface area contributed by atoms with E-state index in [4.69, 9.17) is 10.2 Å². The van der Waals surface area contributed by atoms with Crippen LogP contribution in [-0.2, 0) is 0 Å². The molecule has 0 aromatic rings. The molecule has 0 spiro atoms. The molecule has 0 heterocycles. The van der Waals surface area contributed by atoms with Crippen LogP contribution in [0, 0.1) is 0 Å². The third-order valence-electron chi connectivity index (χ3n) is 3.12. The number of unbranched alkanes of at least 4 members (excludes halogenated alkanes) is 5. The van der Waals surface area contributed by atoms with Gasteiger partial charge in [0.2, 0.25) is 0 Å². The quantitative estimate of drug-likeness (QED) is 0.294. The molecule has 0 bridgehead atoms. The fraction of sp³-hybridized carbons (Fsp3) is 1.00. The van der Waals surface area contributed by atoms with E-state index in [1.807, 2.05) is 0 Å². The van der Waals surface area contributed by atoms with Crippen molar-refractivity contribution in [1.29, 1.82) is 0 Å². The fourth-order valence-corrected chi connectivity index (χ4v) is 3.37. The molecule has 0 aromatic carbocycles. The molecule has 116 valence electrons. The van der Waals surface area contributed by atoms with Gasteiger partial charge in [-0.05, 0) is 25.0 Å². The molecular formula is C14H30O3S2. The van der Waals surface area contributed by atoms with Gasteiger partial charge in [-0.2, -0.15) is 24.4 Å². The van der Waals surface area contributed by atoms with E-state index in [1.165, 1.54) is 38.5 Å². The molecule has 0 amide bonds. The Bertz CT molecular complexity index is 182. The van der Waals surface area contributed by atoms with Crippen molar-refractivity contribution >= 4 is 24.4 Å². The highest BCUT2D eigenvalue weighted by Crippen LogP contribution is 2.22. The zero-order chi connectivity index (χ0) is 14.3. The SMILES string of the molecule is OCCC(CCCCCCCCS)SCC(O)CO. The van der Waals surface area contributed by atoms with Crippen LogP contribution in [0.1, 0.15) is 51.4 Å². The number of hydrogen-bond donors (Lipinski definition) is 4. The number of aliphatic hydroxyl groups excluding tert-OH is 3. The summed E-state index contributed by atoms with van der Waals surface area (Å²) in [5.74, 6) is 1.55. The lowest BCUT2D eigenvalue weighted by Gasteiger charge is -2.17. The van der Waals surface area contributed by atoms with Gasteiger partial charge in [0.15, 0.2) is 0 Å². The summed E-state index contributed by atoms with van der Waals surface area (Å²) < 4.78 is 0. The first kappa shape index (κ1) is 19.6. The number of rotatable bonds is 14. The summed E-state index contributed by atoms with van der Waals surface area (Å²) in [5.41, 5.74) is 0. The van der Waals surface area contributed by atoms with Gasteiger partial charge in [-0.25, -0.2) is 0 Å². The fourth-order valence-electron chi connectivity index (χ4n) is 1.95. The van der Waals surface area contributed by atoms with Gasteiger partial charge in [0.1, 0.15) is 0 Å². The number of thiol groups is 1.